The van der Waals surface area contributed by atoms with E-state index in [2.05, 4.69) is 15.3 Å². The van der Waals surface area contributed by atoms with Gasteiger partial charge in [-0.25, -0.2) is 4.98 Å². The number of anilines is 1. The standard InChI is InChI=1S/C17H15N3O/c1-3-10-18-15(6-1)13-20-14-7-5-8-16(12-14)21-17-9-2-4-11-19-17/h1-12,20H,13H2. The molecule has 0 fully saturated rings. The summed E-state index contributed by atoms with van der Waals surface area (Å²) in [6, 6.07) is 19.2. The Morgan fingerprint density at radius 1 is 0.857 bits per heavy atom. The van der Waals surface area contributed by atoms with Crippen LogP contribution in [0.2, 0.25) is 0 Å². The van der Waals surface area contributed by atoms with Crippen molar-refractivity contribution in [2.45, 2.75) is 6.54 Å². The Kier molecular flexibility index (Phi) is 4.07. The highest BCUT2D eigenvalue weighted by atomic mass is 16.5. The van der Waals surface area contributed by atoms with E-state index in [0.29, 0.717) is 12.4 Å². The minimum Gasteiger partial charge on any atom is -0.439 e. The van der Waals surface area contributed by atoms with Crippen LogP contribution in [0.15, 0.2) is 73.1 Å². The monoisotopic (exact) mass is 277 g/mol. The second kappa shape index (κ2) is 6.52. The van der Waals surface area contributed by atoms with Crippen molar-refractivity contribution in [3.63, 3.8) is 0 Å². The zero-order chi connectivity index (χ0) is 14.3. The Hall–Kier alpha value is -2.88. The van der Waals surface area contributed by atoms with Crippen molar-refractivity contribution in [2.75, 3.05) is 5.32 Å². The molecule has 0 amide bonds. The van der Waals surface area contributed by atoms with Gasteiger partial charge in [-0.05, 0) is 30.3 Å². The molecule has 0 bridgehead atoms. The molecule has 0 radical (unpaired) electrons. The molecule has 3 rings (SSSR count). The van der Waals surface area contributed by atoms with Crippen LogP contribution >= 0.6 is 0 Å². The van der Waals surface area contributed by atoms with Crippen molar-refractivity contribution < 1.29 is 4.74 Å². The Balaban J connectivity index is 1.66. The summed E-state index contributed by atoms with van der Waals surface area (Å²) in [6.07, 6.45) is 3.50. The third-order valence-corrected chi connectivity index (χ3v) is 2.89. The summed E-state index contributed by atoms with van der Waals surface area (Å²) in [5, 5.41) is 3.32. The van der Waals surface area contributed by atoms with Gasteiger partial charge in [-0.15, -0.1) is 0 Å². The summed E-state index contributed by atoms with van der Waals surface area (Å²) in [5.74, 6) is 1.33. The van der Waals surface area contributed by atoms with E-state index in [-0.39, 0.29) is 0 Å². The molecule has 0 aliphatic rings. The van der Waals surface area contributed by atoms with E-state index >= 15 is 0 Å². The van der Waals surface area contributed by atoms with Gasteiger partial charge in [-0.1, -0.05) is 18.2 Å². The van der Waals surface area contributed by atoms with E-state index in [0.717, 1.165) is 17.1 Å². The van der Waals surface area contributed by atoms with Crippen LogP contribution in [0.3, 0.4) is 0 Å². The number of hydrogen-bond donors (Lipinski definition) is 1. The molecule has 0 saturated heterocycles. The normalized spacial score (nSPS) is 10.1. The molecule has 0 aliphatic carbocycles. The maximum absolute atomic E-state index is 5.70. The number of ether oxygens (including phenoxy) is 1. The molecule has 1 N–H and O–H groups in total. The minimum atomic E-state index is 0.583. The molecule has 21 heavy (non-hydrogen) atoms. The van der Waals surface area contributed by atoms with E-state index in [4.69, 9.17) is 4.74 Å². The van der Waals surface area contributed by atoms with E-state index in [1.165, 1.54) is 0 Å². The van der Waals surface area contributed by atoms with Crippen molar-refractivity contribution in [1.82, 2.24) is 9.97 Å². The maximum Gasteiger partial charge on any atom is 0.219 e. The molecule has 4 heteroatoms. The molecule has 3 aromatic rings. The van der Waals surface area contributed by atoms with Gasteiger partial charge >= 0.3 is 0 Å². The van der Waals surface area contributed by atoms with Crippen molar-refractivity contribution >= 4 is 5.69 Å². The van der Waals surface area contributed by atoms with Crippen LogP contribution in [0, 0.1) is 0 Å². The fourth-order valence-corrected chi connectivity index (χ4v) is 1.89. The van der Waals surface area contributed by atoms with Gasteiger partial charge in [0, 0.05) is 30.2 Å². The number of rotatable bonds is 5. The molecule has 0 spiro atoms. The van der Waals surface area contributed by atoms with Gasteiger partial charge in [0.1, 0.15) is 5.75 Å². The first-order chi connectivity index (χ1) is 10.4. The Morgan fingerprint density at radius 2 is 1.71 bits per heavy atom. The highest BCUT2D eigenvalue weighted by molar-refractivity contribution is 5.49. The number of nitrogens with zero attached hydrogens (tertiary/aromatic N) is 2. The largest absolute Gasteiger partial charge is 0.439 e. The van der Waals surface area contributed by atoms with E-state index in [1.54, 1.807) is 12.4 Å². The van der Waals surface area contributed by atoms with Crippen LogP contribution in [-0.4, -0.2) is 9.97 Å². The first-order valence-electron chi connectivity index (χ1n) is 6.73. The fraction of sp³-hybridized carbons (Fsp3) is 0.0588. The summed E-state index contributed by atoms with van der Waals surface area (Å²) in [6.45, 7) is 0.674. The SMILES string of the molecule is c1ccc(CNc2cccc(Oc3ccccn3)c2)nc1. The lowest BCUT2D eigenvalue weighted by atomic mass is 10.3. The average Bonchev–Trinajstić information content (AvgIpc) is 2.55. The summed E-state index contributed by atoms with van der Waals surface area (Å²) < 4.78 is 5.70. The second-order valence-corrected chi connectivity index (χ2v) is 4.47. The van der Waals surface area contributed by atoms with Crippen LogP contribution in [0.1, 0.15) is 5.69 Å². The zero-order valence-corrected chi connectivity index (χ0v) is 11.4. The van der Waals surface area contributed by atoms with E-state index in [9.17, 15) is 0 Å². The van der Waals surface area contributed by atoms with Gasteiger partial charge in [0.15, 0.2) is 0 Å². The summed E-state index contributed by atoms with van der Waals surface area (Å²) in [5.41, 5.74) is 1.97. The molecule has 0 atom stereocenters. The maximum atomic E-state index is 5.70. The Labute approximate surface area is 123 Å². The first-order valence-corrected chi connectivity index (χ1v) is 6.73. The van der Waals surface area contributed by atoms with Gasteiger partial charge in [-0.3, -0.25) is 4.98 Å². The van der Waals surface area contributed by atoms with E-state index < -0.39 is 0 Å². The number of benzene rings is 1. The third-order valence-electron chi connectivity index (χ3n) is 2.89. The lowest BCUT2D eigenvalue weighted by molar-refractivity contribution is 0.463. The quantitative estimate of drug-likeness (QED) is 0.768. The number of nitrogens with one attached hydrogen (secondary N) is 1. The average molecular weight is 277 g/mol. The number of aromatic nitrogens is 2. The molecule has 0 aliphatic heterocycles. The molecule has 104 valence electrons. The van der Waals surface area contributed by atoms with Gasteiger partial charge in [0.25, 0.3) is 0 Å². The van der Waals surface area contributed by atoms with Crippen molar-refractivity contribution in [2.24, 2.45) is 0 Å². The molecule has 0 unspecified atom stereocenters. The molecular weight excluding hydrogens is 262 g/mol. The molecule has 0 saturated carbocycles. The highest BCUT2D eigenvalue weighted by Crippen LogP contribution is 2.22. The topological polar surface area (TPSA) is 47.0 Å². The Bertz CT molecular complexity index is 687. The fourth-order valence-electron chi connectivity index (χ4n) is 1.89. The van der Waals surface area contributed by atoms with Gasteiger partial charge in [-0.2, -0.15) is 0 Å². The molecular formula is C17H15N3O. The molecule has 2 aromatic heterocycles. The van der Waals surface area contributed by atoms with Crippen LogP contribution in [0.5, 0.6) is 11.6 Å². The summed E-state index contributed by atoms with van der Waals surface area (Å²) in [4.78, 5) is 8.42. The Morgan fingerprint density at radius 3 is 2.48 bits per heavy atom. The highest BCUT2D eigenvalue weighted by Gasteiger charge is 2.00. The molecule has 2 heterocycles. The van der Waals surface area contributed by atoms with E-state index in [1.807, 2.05) is 60.7 Å². The van der Waals surface area contributed by atoms with Crippen LogP contribution in [0.4, 0.5) is 5.69 Å². The third kappa shape index (κ3) is 3.79. The summed E-state index contributed by atoms with van der Waals surface area (Å²) in [7, 11) is 0. The van der Waals surface area contributed by atoms with Crippen LogP contribution in [0.25, 0.3) is 0 Å². The smallest absolute Gasteiger partial charge is 0.219 e. The second-order valence-electron chi connectivity index (χ2n) is 4.47. The number of hydrogen-bond acceptors (Lipinski definition) is 4. The first kappa shape index (κ1) is 13.1. The van der Waals surface area contributed by atoms with Crippen molar-refractivity contribution in [1.29, 1.82) is 0 Å². The predicted octanol–water partition coefficient (Wildman–Crippen LogP) is 3.88. The minimum absolute atomic E-state index is 0.583. The van der Waals surface area contributed by atoms with Gasteiger partial charge in [0.2, 0.25) is 5.88 Å². The van der Waals surface area contributed by atoms with Crippen molar-refractivity contribution in [3.05, 3.63) is 78.8 Å². The molecule has 4 nitrogen and oxygen atoms in total. The predicted molar refractivity (Wildman–Crippen MR) is 82.3 cm³/mol. The zero-order valence-electron chi connectivity index (χ0n) is 11.4. The molecule has 1 aromatic carbocycles. The van der Waals surface area contributed by atoms with Crippen LogP contribution in [-0.2, 0) is 6.54 Å². The number of pyridine rings is 2. The lowest BCUT2D eigenvalue weighted by Crippen LogP contribution is -2.01. The summed E-state index contributed by atoms with van der Waals surface area (Å²) >= 11 is 0. The van der Waals surface area contributed by atoms with Crippen LogP contribution < -0.4 is 10.1 Å². The van der Waals surface area contributed by atoms with Gasteiger partial charge < -0.3 is 10.1 Å². The van der Waals surface area contributed by atoms with Gasteiger partial charge in [0.05, 0.1) is 12.2 Å². The lowest BCUT2D eigenvalue weighted by Gasteiger charge is -2.08. The van der Waals surface area contributed by atoms with Crippen molar-refractivity contribution in [3.8, 4) is 11.6 Å².